The van der Waals surface area contributed by atoms with E-state index in [1.807, 2.05) is 0 Å². The molecule has 6 heteroatoms. The highest BCUT2D eigenvalue weighted by molar-refractivity contribution is 7.92. The molecule has 0 spiro atoms. The summed E-state index contributed by atoms with van der Waals surface area (Å²) in [5.74, 6) is 0. The summed E-state index contributed by atoms with van der Waals surface area (Å²) >= 11 is 0. The zero-order valence-corrected chi connectivity index (χ0v) is 10.1. The molecule has 0 N–H and O–H groups in total. The number of sulfone groups is 1. The van der Waals surface area contributed by atoms with Crippen LogP contribution in [-0.2, 0) is 9.84 Å². The maximum absolute atomic E-state index is 11.9. The Balaban J connectivity index is 3.54. The third kappa shape index (κ3) is 2.21. The van der Waals surface area contributed by atoms with Gasteiger partial charge in [-0.15, -0.1) is 0 Å². The number of benzene rings is 1. The second-order valence-corrected chi connectivity index (χ2v) is 6.29. The van der Waals surface area contributed by atoms with Crippen LogP contribution in [0.5, 0.6) is 0 Å². The standard InChI is InChI=1S/C10H13NO4S/c1-7(2)16(14,15)10-6-8(3)4-5-9(10)11(12)13/h4-7H,1-3H3. The van der Waals surface area contributed by atoms with Crippen molar-refractivity contribution in [1.29, 1.82) is 0 Å². The van der Waals surface area contributed by atoms with Gasteiger partial charge in [0.25, 0.3) is 5.69 Å². The Morgan fingerprint density at radius 1 is 1.31 bits per heavy atom. The molecule has 5 nitrogen and oxygen atoms in total. The van der Waals surface area contributed by atoms with Crippen molar-refractivity contribution in [3.8, 4) is 0 Å². The largest absolute Gasteiger partial charge is 0.288 e. The van der Waals surface area contributed by atoms with Crippen LogP contribution in [-0.4, -0.2) is 18.6 Å². The molecule has 0 aromatic heterocycles. The molecule has 0 aliphatic carbocycles. The first-order chi connectivity index (χ1) is 7.26. The fourth-order valence-electron chi connectivity index (χ4n) is 1.25. The van der Waals surface area contributed by atoms with Crippen molar-refractivity contribution < 1.29 is 13.3 Å². The van der Waals surface area contributed by atoms with Crippen LogP contribution in [0.15, 0.2) is 23.1 Å². The van der Waals surface area contributed by atoms with Gasteiger partial charge in [0.15, 0.2) is 9.84 Å². The summed E-state index contributed by atoms with van der Waals surface area (Å²) in [4.78, 5) is 9.87. The monoisotopic (exact) mass is 243 g/mol. The van der Waals surface area contributed by atoms with Gasteiger partial charge in [-0.05, 0) is 32.4 Å². The van der Waals surface area contributed by atoms with E-state index in [0.717, 1.165) is 0 Å². The summed E-state index contributed by atoms with van der Waals surface area (Å²) in [5, 5.41) is 10.1. The summed E-state index contributed by atoms with van der Waals surface area (Å²) < 4.78 is 23.8. The highest BCUT2D eigenvalue weighted by atomic mass is 32.2. The molecule has 0 heterocycles. The molecule has 0 amide bonds. The van der Waals surface area contributed by atoms with Crippen LogP contribution in [0.2, 0.25) is 0 Å². The summed E-state index contributed by atoms with van der Waals surface area (Å²) in [7, 11) is -3.62. The number of nitro groups is 1. The topological polar surface area (TPSA) is 77.3 Å². The zero-order chi connectivity index (χ0) is 12.5. The molecule has 0 aliphatic rings. The second kappa shape index (κ2) is 4.21. The Morgan fingerprint density at radius 3 is 2.31 bits per heavy atom. The Bertz CT molecular complexity index is 520. The predicted octanol–water partition coefficient (Wildman–Crippen LogP) is 2.09. The molecule has 0 bridgehead atoms. The van der Waals surface area contributed by atoms with Gasteiger partial charge >= 0.3 is 0 Å². The molecule has 0 saturated heterocycles. The lowest BCUT2D eigenvalue weighted by molar-refractivity contribution is -0.387. The Morgan fingerprint density at radius 2 is 1.88 bits per heavy atom. The number of nitrogens with zero attached hydrogens (tertiary/aromatic N) is 1. The molecular weight excluding hydrogens is 230 g/mol. The molecule has 0 aliphatic heterocycles. The molecule has 1 rings (SSSR count). The molecule has 0 radical (unpaired) electrons. The van der Waals surface area contributed by atoms with Gasteiger partial charge in [-0.3, -0.25) is 10.1 Å². The molecule has 16 heavy (non-hydrogen) atoms. The fraction of sp³-hybridized carbons (Fsp3) is 0.400. The quantitative estimate of drug-likeness (QED) is 0.601. The molecule has 1 aromatic rings. The number of hydrogen-bond donors (Lipinski definition) is 0. The Labute approximate surface area is 94.2 Å². The summed E-state index contributed by atoms with van der Waals surface area (Å²) in [6.45, 7) is 4.70. The lowest BCUT2D eigenvalue weighted by atomic mass is 10.2. The van der Waals surface area contributed by atoms with Crippen molar-refractivity contribution in [2.45, 2.75) is 30.9 Å². The van der Waals surface area contributed by atoms with E-state index in [-0.39, 0.29) is 10.6 Å². The van der Waals surface area contributed by atoms with Crippen molar-refractivity contribution in [1.82, 2.24) is 0 Å². The van der Waals surface area contributed by atoms with Gasteiger partial charge in [0.1, 0.15) is 4.90 Å². The highest BCUT2D eigenvalue weighted by Crippen LogP contribution is 2.27. The maximum atomic E-state index is 11.9. The third-order valence-corrected chi connectivity index (χ3v) is 4.42. The first-order valence-electron chi connectivity index (χ1n) is 4.75. The van der Waals surface area contributed by atoms with Crippen molar-refractivity contribution >= 4 is 15.5 Å². The lowest BCUT2D eigenvalue weighted by Gasteiger charge is -2.08. The number of hydrogen-bond acceptors (Lipinski definition) is 4. The minimum absolute atomic E-state index is 0.201. The number of aryl methyl sites for hydroxylation is 1. The second-order valence-electron chi connectivity index (χ2n) is 3.82. The van der Waals surface area contributed by atoms with Crippen LogP contribution in [0, 0.1) is 17.0 Å². The SMILES string of the molecule is Cc1ccc([N+](=O)[O-])c(S(=O)(=O)C(C)C)c1. The van der Waals surface area contributed by atoms with E-state index < -0.39 is 20.0 Å². The first-order valence-corrected chi connectivity index (χ1v) is 6.30. The van der Waals surface area contributed by atoms with Gasteiger partial charge in [0.05, 0.1) is 10.2 Å². The van der Waals surface area contributed by atoms with Crippen LogP contribution in [0.3, 0.4) is 0 Å². The third-order valence-electron chi connectivity index (χ3n) is 2.24. The van der Waals surface area contributed by atoms with Crippen molar-refractivity contribution in [2.75, 3.05) is 0 Å². The van der Waals surface area contributed by atoms with Crippen molar-refractivity contribution in [3.05, 3.63) is 33.9 Å². The lowest BCUT2D eigenvalue weighted by Crippen LogP contribution is -2.15. The highest BCUT2D eigenvalue weighted by Gasteiger charge is 2.28. The average Bonchev–Trinajstić information content (AvgIpc) is 2.16. The molecule has 0 saturated carbocycles. The van der Waals surface area contributed by atoms with E-state index in [9.17, 15) is 18.5 Å². The van der Waals surface area contributed by atoms with Gasteiger partial charge < -0.3 is 0 Å². The van der Waals surface area contributed by atoms with Crippen LogP contribution >= 0.6 is 0 Å². The average molecular weight is 243 g/mol. The minimum atomic E-state index is -3.62. The summed E-state index contributed by atoms with van der Waals surface area (Å²) in [5.41, 5.74) is 0.323. The fourth-order valence-corrected chi connectivity index (χ4v) is 2.55. The molecule has 1 aromatic carbocycles. The van der Waals surface area contributed by atoms with Crippen molar-refractivity contribution in [2.24, 2.45) is 0 Å². The van der Waals surface area contributed by atoms with Crippen molar-refractivity contribution in [3.63, 3.8) is 0 Å². The summed E-state index contributed by atoms with van der Waals surface area (Å²) in [6, 6.07) is 4.09. The maximum Gasteiger partial charge on any atom is 0.288 e. The van der Waals surface area contributed by atoms with E-state index in [0.29, 0.717) is 5.56 Å². The normalized spacial score (nSPS) is 11.8. The van der Waals surface area contributed by atoms with Crippen LogP contribution in [0.1, 0.15) is 19.4 Å². The van der Waals surface area contributed by atoms with E-state index in [2.05, 4.69) is 0 Å². The van der Waals surface area contributed by atoms with Crippen LogP contribution in [0.4, 0.5) is 5.69 Å². The van der Waals surface area contributed by atoms with Gasteiger partial charge in [-0.25, -0.2) is 8.42 Å². The van der Waals surface area contributed by atoms with E-state index in [1.54, 1.807) is 6.92 Å². The predicted molar refractivity (Wildman–Crippen MR) is 60.2 cm³/mol. The number of nitro benzene ring substituents is 1. The van der Waals surface area contributed by atoms with Gasteiger partial charge in [0.2, 0.25) is 0 Å². The zero-order valence-electron chi connectivity index (χ0n) is 9.30. The van der Waals surface area contributed by atoms with Gasteiger partial charge in [0, 0.05) is 6.07 Å². The minimum Gasteiger partial charge on any atom is -0.258 e. The molecule has 0 atom stereocenters. The first kappa shape index (κ1) is 12.6. The molecule has 0 fully saturated rings. The molecule has 88 valence electrons. The smallest absolute Gasteiger partial charge is 0.258 e. The molecular formula is C10H13NO4S. The molecule has 0 unspecified atom stereocenters. The van der Waals surface area contributed by atoms with E-state index in [1.165, 1.54) is 32.0 Å². The van der Waals surface area contributed by atoms with E-state index >= 15 is 0 Å². The van der Waals surface area contributed by atoms with Gasteiger partial charge in [-0.2, -0.15) is 0 Å². The van der Waals surface area contributed by atoms with Crippen LogP contribution in [0.25, 0.3) is 0 Å². The Kier molecular flexibility index (Phi) is 3.32. The van der Waals surface area contributed by atoms with Gasteiger partial charge in [-0.1, -0.05) is 6.07 Å². The Hall–Kier alpha value is -1.43. The summed E-state index contributed by atoms with van der Waals surface area (Å²) in [6.07, 6.45) is 0. The van der Waals surface area contributed by atoms with Crippen LogP contribution < -0.4 is 0 Å². The number of rotatable bonds is 3. The van der Waals surface area contributed by atoms with E-state index in [4.69, 9.17) is 0 Å².